The van der Waals surface area contributed by atoms with Crippen LogP contribution in [0.4, 0.5) is 4.39 Å². The van der Waals surface area contributed by atoms with Crippen LogP contribution in [0.3, 0.4) is 0 Å². The van der Waals surface area contributed by atoms with Crippen LogP contribution < -0.4 is 0 Å². The predicted molar refractivity (Wildman–Crippen MR) is 76.3 cm³/mol. The number of hydrogen-bond donors (Lipinski definition) is 0. The van der Waals surface area contributed by atoms with Crippen molar-refractivity contribution >= 4 is 37.6 Å². The third-order valence-electron chi connectivity index (χ3n) is 2.53. The Morgan fingerprint density at radius 3 is 2.39 bits per heavy atom. The fraction of sp³-hybridized carbons (Fsp3) is 0.0714. The molecule has 92 valence electrons. The molecule has 0 aliphatic rings. The summed E-state index contributed by atoms with van der Waals surface area (Å²) in [5, 5.41) is 0. The molecule has 0 unspecified atom stereocenters. The van der Waals surface area contributed by atoms with E-state index >= 15 is 0 Å². The minimum Gasteiger partial charge on any atom is -0.294 e. The number of ketones is 1. The molecule has 0 N–H and O–H groups in total. The Morgan fingerprint density at radius 2 is 1.72 bits per heavy atom. The topological polar surface area (TPSA) is 17.1 Å². The molecule has 4 heteroatoms. The van der Waals surface area contributed by atoms with Crippen LogP contribution in [-0.2, 0) is 6.42 Å². The minimum absolute atomic E-state index is 0.108. The smallest absolute Gasteiger partial charge is 0.168 e. The van der Waals surface area contributed by atoms with Crippen molar-refractivity contribution in [1.29, 1.82) is 0 Å². The normalized spacial score (nSPS) is 10.4. The fourth-order valence-corrected chi connectivity index (χ4v) is 2.35. The molecule has 0 amide bonds. The van der Waals surface area contributed by atoms with Crippen molar-refractivity contribution < 1.29 is 9.18 Å². The van der Waals surface area contributed by atoms with Gasteiger partial charge in [-0.2, -0.15) is 0 Å². The molecule has 18 heavy (non-hydrogen) atoms. The van der Waals surface area contributed by atoms with E-state index in [4.69, 9.17) is 0 Å². The molecular formula is C14H9Br2FO. The second-order valence-corrected chi connectivity index (χ2v) is 5.54. The summed E-state index contributed by atoms with van der Waals surface area (Å²) < 4.78 is 14.5. The van der Waals surface area contributed by atoms with Crippen LogP contribution in [0.5, 0.6) is 0 Å². The highest BCUT2D eigenvalue weighted by Crippen LogP contribution is 2.22. The Kier molecular flexibility index (Phi) is 4.30. The summed E-state index contributed by atoms with van der Waals surface area (Å²) in [6.45, 7) is 0. The van der Waals surface area contributed by atoms with E-state index in [1.807, 2.05) is 24.3 Å². The molecule has 0 saturated carbocycles. The van der Waals surface area contributed by atoms with Gasteiger partial charge in [-0.3, -0.25) is 4.79 Å². The Morgan fingerprint density at radius 1 is 1.06 bits per heavy atom. The zero-order valence-electron chi connectivity index (χ0n) is 9.29. The maximum atomic E-state index is 13.3. The first-order chi connectivity index (χ1) is 8.58. The SMILES string of the molecule is O=C(Cc1ccc(Br)cc1)c1cccc(F)c1Br. The van der Waals surface area contributed by atoms with E-state index < -0.39 is 5.82 Å². The van der Waals surface area contributed by atoms with E-state index in [-0.39, 0.29) is 16.7 Å². The molecule has 0 saturated heterocycles. The summed E-state index contributed by atoms with van der Waals surface area (Å²) in [6, 6.07) is 12.0. The number of halogens is 3. The van der Waals surface area contributed by atoms with Gasteiger partial charge in [-0.05, 0) is 39.7 Å². The first-order valence-electron chi connectivity index (χ1n) is 5.29. The minimum atomic E-state index is -0.420. The molecule has 0 radical (unpaired) electrons. The Bertz CT molecular complexity index is 579. The van der Waals surface area contributed by atoms with Gasteiger partial charge in [0.1, 0.15) is 5.82 Å². The summed E-state index contributed by atoms with van der Waals surface area (Å²) >= 11 is 6.44. The first-order valence-corrected chi connectivity index (χ1v) is 6.88. The van der Waals surface area contributed by atoms with E-state index in [9.17, 15) is 9.18 Å². The maximum absolute atomic E-state index is 13.3. The zero-order chi connectivity index (χ0) is 13.1. The monoisotopic (exact) mass is 370 g/mol. The van der Waals surface area contributed by atoms with Crippen LogP contribution >= 0.6 is 31.9 Å². The number of Topliss-reactive ketones (excluding diaryl/α,β-unsaturated/α-hetero) is 1. The van der Waals surface area contributed by atoms with E-state index in [1.165, 1.54) is 12.1 Å². The third kappa shape index (κ3) is 3.06. The van der Waals surface area contributed by atoms with Crippen molar-refractivity contribution in [3.05, 3.63) is 68.4 Å². The van der Waals surface area contributed by atoms with Crippen LogP contribution in [0.2, 0.25) is 0 Å². The van der Waals surface area contributed by atoms with Crippen molar-refractivity contribution in [2.24, 2.45) is 0 Å². The predicted octanol–water partition coefficient (Wildman–Crippen LogP) is 4.78. The summed E-state index contributed by atoms with van der Waals surface area (Å²) in [5.74, 6) is -0.527. The molecule has 1 nitrogen and oxygen atoms in total. The van der Waals surface area contributed by atoms with Gasteiger partial charge in [-0.15, -0.1) is 0 Å². The molecule has 0 aliphatic carbocycles. The van der Waals surface area contributed by atoms with Crippen molar-refractivity contribution in [2.75, 3.05) is 0 Å². The number of benzene rings is 2. The Labute approximate surface area is 121 Å². The highest BCUT2D eigenvalue weighted by molar-refractivity contribution is 9.10. The lowest BCUT2D eigenvalue weighted by molar-refractivity contribution is 0.0991. The Balaban J connectivity index is 2.22. The van der Waals surface area contributed by atoms with Crippen LogP contribution in [-0.4, -0.2) is 5.78 Å². The average molecular weight is 372 g/mol. The summed E-state index contributed by atoms with van der Waals surface area (Å²) in [7, 11) is 0. The lowest BCUT2D eigenvalue weighted by Crippen LogP contribution is -2.05. The van der Waals surface area contributed by atoms with E-state index in [2.05, 4.69) is 31.9 Å². The van der Waals surface area contributed by atoms with Crippen LogP contribution in [0.15, 0.2) is 51.4 Å². The van der Waals surface area contributed by atoms with Gasteiger partial charge in [0.15, 0.2) is 5.78 Å². The third-order valence-corrected chi connectivity index (χ3v) is 3.86. The van der Waals surface area contributed by atoms with Gasteiger partial charge in [0, 0.05) is 16.5 Å². The molecule has 0 aromatic heterocycles. The molecule has 2 aromatic rings. The van der Waals surface area contributed by atoms with E-state index in [0.717, 1.165) is 10.0 Å². The number of carbonyl (C=O) groups excluding carboxylic acids is 1. The van der Waals surface area contributed by atoms with E-state index in [1.54, 1.807) is 6.07 Å². The molecule has 0 atom stereocenters. The quantitative estimate of drug-likeness (QED) is 0.710. The van der Waals surface area contributed by atoms with Gasteiger partial charge in [0.25, 0.3) is 0 Å². The largest absolute Gasteiger partial charge is 0.294 e. The first kappa shape index (κ1) is 13.4. The molecule has 0 bridgehead atoms. The van der Waals surface area contributed by atoms with Gasteiger partial charge in [0.2, 0.25) is 0 Å². The van der Waals surface area contributed by atoms with Crippen LogP contribution in [0, 0.1) is 5.82 Å². The van der Waals surface area contributed by atoms with Gasteiger partial charge in [-0.25, -0.2) is 4.39 Å². The summed E-state index contributed by atoms with van der Waals surface area (Å²) in [4.78, 5) is 12.1. The number of rotatable bonds is 3. The molecule has 0 aliphatic heterocycles. The second-order valence-electron chi connectivity index (χ2n) is 3.83. The molecular weight excluding hydrogens is 363 g/mol. The van der Waals surface area contributed by atoms with Crippen molar-refractivity contribution in [2.45, 2.75) is 6.42 Å². The highest BCUT2D eigenvalue weighted by atomic mass is 79.9. The van der Waals surface area contributed by atoms with Gasteiger partial charge < -0.3 is 0 Å². The zero-order valence-corrected chi connectivity index (χ0v) is 12.5. The standard InChI is InChI=1S/C14H9Br2FO/c15-10-6-4-9(5-7-10)8-13(18)11-2-1-3-12(17)14(11)16/h1-7H,8H2. The van der Waals surface area contributed by atoms with Gasteiger partial charge in [0.05, 0.1) is 4.47 Å². The molecule has 2 aromatic carbocycles. The molecule has 0 spiro atoms. The van der Waals surface area contributed by atoms with Crippen LogP contribution in [0.1, 0.15) is 15.9 Å². The van der Waals surface area contributed by atoms with Crippen molar-refractivity contribution in [3.63, 3.8) is 0 Å². The van der Waals surface area contributed by atoms with Crippen LogP contribution in [0.25, 0.3) is 0 Å². The molecule has 0 heterocycles. The molecule has 0 fully saturated rings. The Hall–Kier alpha value is -1.00. The fourth-order valence-electron chi connectivity index (χ4n) is 1.60. The van der Waals surface area contributed by atoms with Crippen molar-refractivity contribution in [1.82, 2.24) is 0 Å². The summed E-state index contributed by atoms with van der Waals surface area (Å²) in [5.41, 5.74) is 1.28. The maximum Gasteiger partial charge on any atom is 0.168 e. The lowest BCUT2D eigenvalue weighted by atomic mass is 10.0. The molecule has 2 rings (SSSR count). The number of hydrogen-bond acceptors (Lipinski definition) is 1. The summed E-state index contributed by atoms with van der Waals surface area (Å²) in [6.07, 6.45) is 0.259. The average Bonchev–Trinajstić information content (AvgIpc) is 2.35. The van der Waals surface area contributed by atoms with Crippen molar-refractivity contribution in [3.8, 4) is 0 Å². The lowest BCUT2D eigenvalue weighted by Gasteiger charge is -2.05. The number of carbonyl (C=O) groups is 1. The van der Waals surface area contributed by atoms with Gasteiger partial charge >= 0.3 is 0 Å². The van der Waals surface area contributed by atoms with Gasteiger partial charge in [-0.1, -0.05) is 40.2 Å². The highest BCUT2D eigenvalue weighted by Gasteiger charge is 2.13. The van der Waals surface area contributed by atoms with E-state index in [0.29, 0.717) is 5.56 Å². The second kappa shape index (κ2) is 5.76.